The van der Waals surface area contributed by atoms with Crippen LogP contribution < -0.4 is 5.73 Å². The second-order valence-corrected chi connectivity index (χ2v) is 3.19. The summed E-state index contributed by atoms with van der Waals surface area (Å²) in [4.78, 5) is 20.9. The molecular formula is C10H8ClNO3. The van der Waals surface area contributed by atoms with Gasteiger partial charge in [-0.25, -0.2) is 4.79 Å². The van der Waals surface area contributed by atoms with Crippen molar-refractivity contribution in [2.24, 2.45) is 0 Å². The van der Waals surface area contributed by atoms with E-state index in [0.717, 1.165) is 0 Å². The lowest BCUT2D eigenvalue weighted by molar-refractivity contribution is -0.104. The number of hydrogen-bond acceptors (Lipinski definition) is 3. The number of aromatic carboxylic acids is 1. The first kappa shape index (κ1) is 11.3. The quantitative estimate of drug-likeness (QED) is 0.467. The van der Waals surface area contributed by atoms with Crippen molar-refractivity contribution in [3.05, 3.63) is 34.4 Å². The fourth-order valence-corrected chi connectivity index (χ4v) is 1.32. The van der Waals surface area contributed by atoms with E-state index >= 15 is 0 Å². The normalized spacial score (nSPS) is 10.5. The molecule has 0 unspecified atom stereocenters. The van der Waals surface area contributed by atoms with Gasteiger partial charge in [0.25, 0.3) is 0 Å². The summed E-state index contributed by atoms with van der Waals surface area (Å²) in [6, 6.07) is 2.75. The molecule has 5 heteroatoms. The number of carboxylic acid groups (broad SMARTS) is 1. The number of rotatable bonds is 3. The molecule has 0 saturated heterocycles. The molecule has 0 heterocycles. The van der Waals surface area contributed by atoms with Gasteiger partial charge in [-0.2, -0.15) is 0 Å². The largest absolute Gasteiger partial charge is 0.478 e. The number of nitrogens with two attached hydrogens (primary N) is 1. The van der Waals surface area contributed by atoms with E-state index in [4.69, 9.17) is 22.4 Å². The third-order valence-electron chi connectivity index (χ3n) is 1.76. The van der Waals surface area contributed by atoms with E-state index in [1.54, 1.807) is 0 Å². The second-order valence-electron chi connectivity index (χ2n) is 2.76. The number of carbonyl (C=O) groups is 2. The summed E-state index contributed by atoms with van der Waals surface area (Å²) in [5.41, 5.74) is 6.01. The molecule has 15 heavy (non-hydrogen) atoms. The molecule has 3 N–H and O–H groups in total. The first-order valence-electron chi connectivity index (χ1n) is 4.00. The van der Waals surface area contributed by atoms with Crippen molar-refractivity contribution in [2.75, 3.05) is 5.73 Å². The minimum absolute atomic E-state index is 0.0759. The second kappa shape index (κ2) is 4.61. The van der Waals surface area contributed by atoms with Crippen LogP contribution in [0.3, 0.4) is 0 Å². The Morgan fingerprint density at radius 3 is 2.67 bits per heavy atom. The van der Waals surface area contributed by atoms with Gasteiger partial charge in [-0.3, -0.25) is 4.79 Å². The predicted molar refractivity (Wildman–Crippen MR) is 57.9 cm³/mol. The maximum absolute atomic E-state index is 10.8. The Hall–Kier alpha value is -1.81. The molecule has 0 aliphatic rings. The van der Waals surface area contributed by atoms with E-state index in [-0.39, 0.29) is 16.3 Å². The lowest BCUT2D eigenvalue weighted by Gasteiger charge is -2.05. The summed E-state index contributed by atoms with van der Waals surface area (Å²) in [5.74, 6) is -1.16. The molecule has 0 aliphatic carbocycles. The van der Waals surface area contributed by atoms with E-state index in [2.05, 4.69) is 0 Å². The van der Waals surface area contributed by atoms with Crippen LogP contribution in [0.2, 0.25) is 5.02 Å². The number of nitrogen functional groups attached to an aromatic ring is 1. The number of hydrogen-bond donors (Lipinski definition) is 2. The summed E-state index contributed by atoms with van der Waals surface area (Å²) in [5, 5.41) is 9.06. The lowest BCUT2D eigenvalue weighted by atomic mass is 10.1. The zero-order valence-corrected chi connectivity index (χ0v) is 8.36. The van der Waals surface area contributed by atoms with Crippen molar-refractivity contribution in [1.29, 1.82) is 0 Å². The van der Waals surface area contributed by atoms with Gasteiger partial charge in [-0.1, -0.05) is 11.6 Å². The number of halogens is 1. The highest BCUT2D eigenvalue weighted by Crippen LogP contribution is 2.24. The standard InChI is InChI=1S/C10H8ClNO3/c11-7-4-6(2-1-3-13)9(12)8(5-7)10(14)15/h1-5H,12H2,(H,14,15). The van der Waals surface area contributed by atoms with E-state index in [9.17, 15) is 9.59 Å². The van der Waals surface area contributed by atoms with Crippen molar-refractivity contribution in [3.63, 3.8) is 0 Å². The molecule has 78 valence electrons. The van der Waals surface area contributed by atoms with Gasteiger partial charge in [0.2, 0.25) is 0 Å². The van der Waals surface area contributed by atoms with Crippen molar-refractivity contribution >= 4 is 35.6 Å². The van der Waals surface area contributed by atoms with Crippen LogP contribution in [-0.4, -0.2) is 17.4 Å². The monoisotopic (exact) mass is 225 g/mol. The molecule has 0 spiro atoms. The molecule has 0 aromatic heterocycles. The summed E-state index contributed by atoms with van der Waals surface area (Å²) in [7, 11) is 0. The maximum Gasteiger partial charge on any atom is 0.337 e. The molecule has 0 fully saturated rings. The van der Waals surface area contributed by atoms with Crippen LogP contribution >= 0.6 is 11.6 Å². The van der Waals surface area contributed by atoms with Gasteiger partial charge in [0, 0.05) is 5.02 Å². The lowest BCUT2D eigenvalue weighted by Crippen LogP contribution is -2.04. The number of carboxylic acids is 1. The van der Waals surface area contributed by atoms with E-state index in [0.29, 0.717) is 11.8 Å². The SMILES string of the molecule is Nc1c(C=CC=O)cc(Cl)cc1C(=O)O. The molecule has 1 aromatic rings. The van der Waals surface area contributed by atoms with Gasteiger partial charge in [-0.15, -0.1) is 0 Å². The fourth-order valence-electron chi connectivity index (χ4n) is 1.10. The number of benzene rings is 1. The van der Waals surface area contributed by atoms with E-state index in [1.807, 2.05) is 0 Å². The number of allylic oxidation sites excluding steroid dienone is 1. The van der Waals surface area contributed by atoms with Crippen LogP contribution in [0.1, 0.15) is 15.9 Å². The Morgan fingerprint density at radius 1 is 1.47 bits per heavy atom. The van der Waals surface area contributed by atoms with Crippen LogP contribution in [0.25, 0.3) is 6.08 Å². The molecule has 0 bridgehead atoms. The molecule has 0 aliphatic heterocycles. The molecule has 0 radical (unpaired) electrons. The number of anilines is 1. The van der Waals surface area contributed by atoms with Crippen LogP contribution in [0.4, 0.5) is 5.69 Å². The molecule has 0 atom stereocenters. The average Bonchev–Trinajstić information content (AvgIpc) is 2.18. The van der Waals surface area contributed by atoms with E-state index in [1.165, 1.54) is 24.3 Å². The third-order valence-corrected chi connectivity index (χ3v) is 1.98. The van der Waals surface area contributed by atoms with Gasteiger partial charge in [-0.05, 0) is 29.8 Å². The minimum Gasteiger partial charge on any atom is -0.478 e. The summed E-state index contributed by atoms with van der Waals surface area (Å²) in [6.07, 6.45) is 3.19. The van der Waals surface area contributed by atoms with Crippen LogP contribution in [0, 0.1) is 0 Å². The Balaban J connectivity index is 3.34. The Morgan fingerprint density at radius 2 is 2.13 bits per heavy atom. The zero-order valence-electron chi connectivity index (χ0n) is 7.61. The van der Waals surface area contributed by atoms with Gasteiger partial charge in [0.15, 0.2) is 0 Å². The maximum atomic E-state index is 10.8. The van der Waals surface area contributed by atoms with Crippen molar-refractivity contribution in [2.45, 2.75) is 0 Å². The summed E-state index contributed by atoms with van der Waals surface area (Å²) >= 11 is 5.70. The topological polar surface area (TPSA) is 80.4 Å². The summed E-state index contributed by atoms with van der Waals surface area (Å²) < 4.78 is 0. The predicted octanol–water partition coefficient (Wildman–Crippen LogP) is 1.83. The molecular weight excluding hydrogens is 218 g/mol. The average molecular weight is 226 g/mol. The molecule has 0 amide bonds. The molecule has 1 rings (SSSR count). The number of aldehydes is 1. The molecule has 1 aromatic carbocycles. The van der Waals surface area contributed by atoms with Gasteiger partial charge < -0.3 is 10.8 Å². The first-order valence-corrected chi connectivity index (χ1v) is 4.38. The zero-order chi connectivity index (χ0) is 11.4. The Labute approximate surface area is 91.0 Å². The van der Waals surface area contributed by atoms with Gasteiger partial charge in [0.1, 0.15) is 6.29 Å². The van der Waals surface area contributed by atoms with Gasteiger partial charge in [0.05, 0.1) is 11.3 Å². The molecule has 4 nitrogen and oxygen atoms in total. The Kier molecular flexibility index (Phi) is 3.46. The Bertz CT molecular complexity index is 441. The highest BCUT2D eigenvalue weighted by atomic mass is 35.5. The van der Waals surface area contributed by atoms with Gasteiger partial charge >= 0.3 is 5.97 Å². The smallest absolute Gasteiger partial charge is 0.337 e. The van der Waals surface area contributed by atoms with Crippen molar-refractivity contribution in [1.82, 2.24) is 0 Å². The summed E-state index contributed by atoms with van der Waals surface area (Å²) in [6.45, 7) is 0. The van der Waals surface area contributed by atoms with Crippen LogP contribution in [0.5, 0.6) is 0 Å². The van der Waals surface area contributed by atoms with Crippen LogP contribution in [0.15, 0.2) is 18.2 Å². The van der Waals surface area contributed by atoms with Crippen molar-refractivity contribution < 1.29 is 14.7 Å². The van der Waals surface area contributed by atoms with Crippen LogP contribution in [-0.2, 0) is 4.79 Å². The van der Waals surface area contributed by atoms with Crippen molar-refractivity contribution in [3.8, 4) is 0 Å². The molecule has 0 saturated carbocycles. The third kappa shape index (κ3) is 2.57. The minimum atomic E-state index is -1.16. The number of carbonyl (C=O) groups excluding carboxylic acids is 1. The first-order chi connectivity index (χ1) is 7.06. The van der Waals surface area contributed by atoms with E-state index < -0.39 is 5.97 Å². The fraction of sp³-hybridized carbons (Fsp3) is 0. The highest BCUT2D eigenvalue weighted by Gasteiger charge is 2.11. The highest BCUT2D eigenvalue weighted by molar-refractivity contribution is 6.31.